The lowest BCUT2D eigenvalue weighted by molar-refractivity contribution is -0.140. The number of benzene rings is 3. The lowest BCUT2D eigenvalue weighted by atomic mass is 9.97. The SMILES string of the molecule is CC(C(=O)NCc1cc(F)cc(F)c1)C(=O)NC(Cc1ccccc1)C(=O)N1CCc2cc3c(cc2C1)OCO3. The van der Waals surface area contributed by atoms with Crippen LogP contribution in [0.2, 0.25) is 0 Å². The number of carbonyl (C=O) groups is 3. The molecule has 8 nitrogen and oxygen atoms in total. The summed E-state index contributed by atoms with van der Waals surface area (Å²) in [5.74, 6) is -2.85. The summed E-state index contributed by atoms with van der Waals surface area (Å²) >= 11 is 0. The number of ether oxygens (including phenoxy) is 2. The fourth-order valence-corrected chi connectivity index (χ4v) is 4.88. The maximum absolute atomic E-state index is 13.7. The fourth-order valence-electron chi connectivity index (χ4n) is 4.88. The molecule has 2 atom stereocenters. The molecule has 2 aliphatic rings. The molecule has 2 unspecified atom stereocenters. The van der Waals surface area contributed by atoms with Crippen molar-refractivity contribution < 1.29 is 32.6 Å². The first-order valence-electron chi connectivity index (χ1n) is 13.0. The summed E-state index contributed by atoms with van der Waals surface area (Å²) in [6.45, 7) is 2.25. The number of halogens is 2. The zero-order valence-corrected chi connectivity index (χ0v) is 21.9. The van der Waals surface area contributed by atoms with E-state index in [4.69, 9.17) is 9.47 Å². The summed E-state index contributed by atoms with van der Waals surface area (Å²) in [6.07, 6.45) is 0.871. The molecule has 0 fully saturated rings. The molecule has 2 heterocycles. The number of nitrogens with zero attached hydrogens (tertiary/aromatic N) is 1. The van der Waals surface area contributed by atoms with Gasteiger partial charge < -0.3 is 25.0 Å². The quantitative estimate of drug-likeness (QED) is 0.421. The molecule has 40 heavy (non-hydrogen) atoms. The Hall–Kier alpha value is -4.47. The fraction of sp³-hybridized carbons (Fsp3) is 0.300. The van der Waals surface area contributed by atoms with E-state index in [0.717, 1.165) is 34.9 Å². The van der Waals surface area contributed by atoms with Crippen molar-refractivity contribution in [1.82, 2.24) is 15.5 Å². The van der Waals surface area contributed by atoms with Crippen molar-refractivity contribution in [3.8, 4) is 11.5 Å². The summed E-state index contributed by atoms with van der Waals surface area (Å²) < 4.78 is 37.9. The van der Waals surface area contributed by atoms with Gasteiger partial charge in [-0.15, -0.1) is 0 Å². The minimum absolute atomic E-state index is 0.150. The summed E-state index contributed by atoms with van der Waals surface area (Å²) in [5.41, 5.74) is 3.12. The Morgan fingerprint density at radius 3 is 2.27 bits per heavy atom. The highest BCUT2D eigenvalue weighted by atomic mass is 19.1. The largest absolute Gasteiger partial charge is 0.454 e. The average molecular weight is 550 g/mol. The van der Waals surface area contributed by atoms with Crippen molar-refractivity contribution in [2.75, 3.05) is 13.3 Å². The highest BCUT2D eigenvalue weighted by molar-refractivity contribution is 6.01. The van der Waals surface area contributed by atoms with Crippen molar-refractivity contribution >= 4 is 17.7 Å². The Morgan fingerprint density at radius 1 is 0.900 bits per heavy atom. The molecule has 3 aromatic carbocycles. The summed E-state index contributed by atoms with van der Waals surface area (Å²) in [7, 11) is 0. The number of hydrogen-bond acceptors (Lipinski definition) is 5. The molecule has 2 N–H and O–H groups in total. The molecule has 2 aliphatic heterocycles. The van der Waals surface area contributed by atoms with E-state index >= 15 is 0 Å². The maximum Gasteiger partial charge on any atom is 0.245 e. The van der Waals surface area contributed by atoms with Crippen LogP contribution in [0.25, 0.3) is 0 Å². The van der Waals surface area contributed by atoms with Gasteiger partial charge in [0.15, 0.2) is 11.5 Å². The van der Waals surface area contributed by atoms with E-state index in [1.807, 2.05) is 42.5 Å². The molecule has 5 rings (SSSR count). The van der Waals surface area contributed by atoms with Gasteiger partial charge in [-0.25, -0.2) is 8.78 Å². The van der Waals surface area contributed by atoms with Crippen LogP contribution in [0.1, 0.15) is 29.2 Å². The van der Waals surface area contributed by atoms with E-state index in [2.05, 4.69) is 10.6 Å². The number of hydrogen-bond donors (Lipinski definition) is 2. The van der Waals surface area contributed by atoms with Crippen molar-refractivity contribution in [3.05, 3.63) is 94.6 Å². The minimum Gasteiger partial charge on any atom is -0.454 e. The topological polar surface area (TPSA) is 97.0 Å². The van der Waals surface area contributed by atoms with Crippen LogP contribution >= 0.6 is 0 Å². The van der Waals surface area contributed by atoms with Crippen molar-refractivity contribution in [1.29, 1.82) is 0 Å². The monoisotopic (exact) mass is 549 g/mol. The van der Waals surface area contributed by atoms with Crippen LogP contribution < -0.4 is 20.1 Å². The second kappa shape index (κ2) is 11.7. The molecule has 0 saturated carbocycles. The van der Waals surface area contributed by atoms with E-state index in [9.17, 15) is 23.2 Å². The molecular formula is C30H29F2N3O5. The van der Waals surface area contributed by atoms with Crippen LogP contribution in [0.4, 0.5) is 8.78 Å². The van der Waals surface area contributed by atoms with Gasteiger partial charge in [0.25, 0.3) is 0 Å². The lowest BCUT2D eigenvalue weighted by Crippen LogP contribution is -2.53. The molecule has 0 spiro atoms. The standard InChI is InChI=1S/C30H29F2N3O5/c1-18(28(36)33-15-20-9-23(31)14-24(32)10-20)29(37)34-25(11-19-5-3-2-4-6-19)30(38)35-8-7-21-12-26-27(40-17-39-26)13-22(21)16-35/h2-6,9-10,12-14,18,25H,7-8,11,15-17H2,1H3,(H,33,36)(H,34,37). The number of carbonyl (C=O) groups excluding carboxylic acids is 3. The van der Waals surface area contributed by atoms with E-state index in [-0.39, 0.29) is 31.2 Å². The molecule has 0 saturated heterocycles. The predicted molar refractivity (Wildman–Crippen MR) is 141 cm³/mol. The van der Waals surface area contributed by atoms with Crippen molar-refractivity contribution in [2.45, 2.75) is 38.9 Å². The highest BCUT2D eigenvalue weighted by Crippen LogP contribution is 2.36. The Bertz CT molecular complexity index is 1410. The van der Waals surface area contributed by atoms with E-state index < -0.39 is 35.4 Å². The van der Waals surface area contributed by atoms with Crippen LogP contribution in [0.3, 0.4) is 0 Å². The van der Waals surface area contributed by atoms with Crippen LogP contribution in [-0.4, -0.2) is 42.0 Å². The summed E-state index contributed by atoms with van der Waals surface area (Å²) in [6, 6.07) is 15.2. The average Bonchev–Trinajstić information content (AvgIpc) is 3.40. The van der Waals surface area contributed by atoms with E-state index in [0.29, 0.717) is 31.0 Å². The zero-order chi connectivity index (χ0) is 28.2. The third kappa shape index (κ3) is 6.22. The van der Waals surface area contributed by atoms with Crippen molar-refractivity contribution in [3.63, 3.8) is 0 Å². The smallest absolute Gasteiger partial charge is 0.245 e. The van der Waals surface area contributed by atoms with Gasteiger partial charge in [-0.05, 0) is 59.9 Å². The third-order valence-corrected chi connectivity index (χ3v) is 7.09. The second-order valence-electron chi connectivity index (χ2n) is 9.95. The highest BCUT2D eigenvalue weighted by Gasteiger charge is 2.32. The van der Waals surface area contributed by atoms with Gasteiger partial charge >= 0.3 is 0 Å². The van der Waals surface area contributed by atoms with Gasteiger partial charge in [0, 0.05) is 32.1 Å². The minimum atomic E-state index is -1.15. The molecule has 3 aromatic rings. The van der Waals surface area contributed by atoms with Gasteiger partial charge in [-0.1, -0.05) is 30.3 Å². The van der Waals surface area contributed by atoms with Gasteiger partial charge in [0.2, 0.25) is 24.5 Å². The Labute approximate surface area is 230 Å². The van der Waals surface area contributed by atoms with Gasteiger partial charge in [-0.3, -0.25) is 14.4 Å². The number of rotatable bonds is 8. The van der Waals surface area contributed by atoms with Crippen LogP contribution in [0.15, 0.2) is 60.7 Å². The van der Waals surface area contributed by atoms with Gasteiger partial charge in [0.1, 0.15) is 23.6 Å². The van der Waals surface area contributed by atoms with E-state index in [1.165, 1.54) is 6.92 Å². The number of nitrogens with one attached hydrogen (secondary N) is 2. The molecule has 0 radical (unpaired) electrons. The first-order valence-corrected chi connectivity index (χ1v) is 13.0. The molecule has 0 aromatic heterocycles. The molecule has 3 amide bonds. The normalized spacial score (nSPS) is 15.1. The predicted octanol–water partition coefficient (Wildman–Crippen LogP) is 3.26. The lowest BCUT2D eigenvalue weighted by Gasteiger charge is -2.32. The summed E-state index contributed by atoms with van der Waals surface area (Å²) in [4.78, 5) is 41.2. The summed E-state index contributed by atoms with van der Waals surface area (Å²) in [5, 5.41) is 5.30. The van der Waals surface area contributed by atoms with Crippen molar-refractivity contribution in [2.24, 2.45) is 5.92 Å². The maximum atomic E-state index is 13.7. The Morgan fingerprint density at radius 2 is 1.57 bits per heavy atom. The Kier molecular flexibility index (Phi) is 7.95. The van der Waals surface area contributed by atoms with Crippen LogP contribution in [0, 0.1) is 17.6 Å². The number of amides is 3. The second-order valence-corrected chi connectivity index (χ2v) is 9.95. The molecular weight excluding hydrogens is 520 g/mol. The number of fused-ring (bicyclic) bond motifs is 2. The zero-order valence-electron chi connectivity index (χ0n) is 21.9. The third-order valence-electron chi connectivity index (χ3n) is 7.09. The van der Waals surface area contributed by atoms with E-state index in [1.54, 1.807) is 4.90 Å². The molecule has 208 valence electrons. The van der Waals surface area contributed by atoms with Gasteiger partial charge in [0.05, 0.1) is 0 Å². The molecule has 0 aliphatic carbocycles. The molecule has 0 bridgehead atoms. The Balaban J connectivity index is 1.27. The molecule has 10 heteroatoms. The van der Waals surface area contributed by atoms with Crippen LogP contribution in [-0.2, 0) is 40.3 Å². The first kappa shape index (κ1) is 27.1. The first-order chi connectivity index (χ1) is 19.3. The van der Waals surface area contributed by atoms with Crippen LogP contribution in [0.5, 0.6) is 11.5 Å². The van der Waals surface area contributed by atoms with Gasteiger partial charge in [-0.2, -0.15) is 0 Å².